The maximum absolute atomic E-state index is 10.4. The van der Waals surface area contributed by atoms with Gasteiger partial charge in [0.25, 0.3) is 0 Å². The molecule has 2 rings (SSSR count). The van der Waals surface area contributed by atoms with E-state index in [4.69, 9.17) is 18.9 Å². The summed E-state index contributed by atoms with van der Waals surface area (Å²) in [6, 6.07) is 7.88. The number of aliphatic hydroxyl groups is 1. The van der Waals surface area contributed by atoms with Gasteiger partial charge in [0.05, 0.1) is 32.5 Å². The Bertz CT molecular complexity index is 608. The van der Waals surface area contributed by atoms with Gasteiger partial charge in [-0.25, -0.2) is 0 Å². The molecule has 1 aromatic rings. The van der Waals surface area contributed by atoms with Crippen LogP contribution in [-0.2, 0) is 20.8 Å². The fraction of sp³-hybridized carbons (Fsp3) is 0.652. The highest BCUT2D eigenvalue weighted by Gasteiger charge is 2.31. The summed E-state index contributed by atoms with van der Waals surface area (Å²) in [6.45, 7) is 9.88. The van der Waals surface area contributed by atoms with Gasteiger partial charge in [-0.15, -0.1) is 0 Å². The molecule has 0 radical (unpaired) electrons. The molecule has 1 heterocycles. The van der Waals surface area contributed by atoms with Crippen LogP contribution in [0.2, 0.25) is 0 Å². The first-order chi connectivity index (χ1) is 13.3. The monoisotopic (exact) mass is 392 g/mol. The second-order valence-electron chi connectivity index (χ2n) is 8.30. The van der Waals surface area contributed by atoms with Crippen LogP contribution in [0, 0.1) is 5.92 Å². The van der Waals surface area contributed by atoms with Gasteiger partial charge in [0.2, 0.25) is 0 Å². The Morgan fingerprint density at radius 3 is 2.64 bits per heavy atom. The summed E-state index contributed by atoms with van der Waals surface area (Å²) in [5.74, 6) is 0.667. The van der Waals surface area contributed by atoms with Crippen LogP contribution in [0.5, 0.6) is 5.75 Å². The van der Waals surface area contributed by atoms with Crippen molar-refractivity contribution in [2.75, 3.05) is 20.3 Å². The van der Waals surface area contributed by atoms with Crippen LogP contribution in [0.3, 0.4) is 0 Å². The van der Waals surface area contributed by atoms with Crippen molar-refractivity contribution in [2.24, 2.45) is 5.92 Å². The second-order valence-corrected chi connectivity index (χ2v) is 8.30. The van der Waals surface area contributed by atoms with Crippen LogP contribution in [0.4, 0.5) is 0 Å². The molecule has 1 N–H and O–H groups in total. The lowest BCUT2D eigenvalue weighted by atomic mass is 9.99. The quantitative estimate of drug-likeness (QED) is 0.563. The van der Waals surface area contributed by atoms with Crippen molar-refractivity contribution < 1.29 is 24.1 Å². The van der Waals surface area contributed by atoms with Crippen LogP contribution < -0.4 is 4.74 Å². The molecule has 0 saturated carbocycles. The Morgan fingerprint density at radius 2 is 2.04 bits per heavy atom. The SMILES string of the molecule is COc1ccc(COC[C@@H](C)C[C@H](O)C/C(C)=C/C[C@H]2COC(C)(C)O2)cc1. The van der Waals surface area contributed by atoms with Crippen LogP contribution in [-0.4, -0.2) is 43.4 Å². The van der Waals surface area contributed by atoms with Gasteiger partial charge in [-0.2, -0.15) is 0 Å². The average molecular weight is 393 g/mol. The predicted molar refractivity (Wildman–Crippen MR) is 110 cm³/mol. The van der Waals surface area contributed by atoms with Gasteiger partial charge in [0.15, 0.2) is 5.79 Å². The van der Waals surface area contributed by atoms with Gasteiger partial charge in [0.1, 0.15) is 5.75 Å². The second kappa shape index (κ2) is 11.0. The van der Waals surface area contributed by atoms with E-state index in [9.17, 15) is 5.11 Å². The minimum atomic E-state index is -0.479. The van der Waals surface area contributed by atoms with E-state index in [0.29, 0.717) is 32.2 Å². The first kappa shape index (κ1) is 22.9. The number of hydrogen-bond donors (Lipinski definition) is 1. The van der Waals surface area contributed by atoms with E-state index in [1.165, 1.54) is 5.57 Å². The van der Waals surface area contributed by atoms with Crippen molar-refractivity contribution in [2.45, 2.75) is 71.6 Å². The van der Waals surface area contributed by atoms with Crippen LogP contribution in [0.1, 0.15) is 52.5 Å². The Balaban J connectivity index is 1.62. The zero-order chi connectivity index (χ0) is 20.6. The fourth-order valence-electron chi connectivity index (χ4n) is 3.38. The molecule has 5 heteroatoms. The summed E-state index contributed by atoms with van der Waals surface area (Å²) in [4.78, 5) is 0. The standard InChI is InChI=1S/C23H36O5/c1-17(6-9-22-16-27-23(3,4)28-22)12-20(24)13-18(2)14-26-15-19-7-10-21(25-5)11-8-19/h6-8,10-11,18,20,22,24H,9,12-16H2,1-5H3/b17-6+/t18-,20+,22-/m0/s1. The van der Waals surface area contributed by atoms with Crippen molar-refractivity contribution in [3.63, 3.8) is 0 Å². The smallest absolute Gasteiger partial charge is 0.163 e. The number of ether oxygens (including phenoxy) is 4. The van der Waals surface area contributed by atoms with Crippen molar-refractivity contribution >= 4 is 0 Å². The van der Waals surface area contributed by atoms with Gasteiger partial charge < -0.3 is 24.1 Å². The molecule has 1 saturated heterocycles. The first-order valence-corrected chi connectivity index (χ1v) is 10.1. The van der Waals surface area contributed by atoms with E-state index in [2.05, 4.69) is 19.9 Å². The third-order valence-corrected chi connectivity index (χ3v) is 4.86. The largest absolute Gasteiger partial charge is 0.497 e. The maximum atomic E-state index is 10.4. The lowest BCUT2D eigenvalue weighted by Crippen LogP contribution is -2.21. The maximum Gasteiger partial charge on any atom is 0.163 e. The number of rotatable bonds is 11. The fourth-order valence-corrected chi connectivity index (χ4v) is 3.38. The average Bonchev–Trinajstić information content (AvgIpc) is 2.99. The zero-order valence-electron chi connectivity index (χ0n) is 17.9. The van der Waals surface area contributed by atoms with E-state index < -0.39 is 5.79 Å². The summed E-state index contributed by atoms with van der Waals surface area (Å²) in [5, 5.41) is 10.4. The van der Waals surface area contributed by atoms with Crippen LogP contribution in [0.25, 0.3) is 0 Å². The lowest BCUT2D eigenvalue weighted by molar-refractivity contribution is -0.137. The summed E-state index contributed by atoms with van der Waals surface area (Å²) >= 11 is 0. The topological polar surface area (TPSA) is 57.2 Å². The van der Waals surface area contributed by atoms with E-state index >= 15 is 0 Å². The number of benzene rings is 1. The number of aliphatic hydroxyl groups excluding tert-OH is 1. The highest BCUT2D eigenvalue weighted by atomic mass is 16.7. The lowest BCUT2D eigenvalue weighted by Gasteiger charge is -2.18. The summed E-state index contributed by atoms with van der Waals surface area (Å²) in [7, 11) is 1.66. The molecular weight excluding hydrogens is 356 g/mol. The molecule has 158 valence electrons. The third-order valence-electron chi connectivity index (χ3n) is 4.86. The Labute approximate surface area is 169 Å². The molecule has 28 heavy (non-hydrogen) atoms. The Morgan fingerprint density at radius 1 is 1.32 bits per heavy atom. The minimum Gasteiger partial charge on any atom is -0.497 e. The van der Waals surface area contributed by atoms with Crippen molar-refractivity contribution in [1.29, 1.82) is 0 Å². The normalized spacial score (nSPS) is 21.5. The summed E-state index contributed by atoms with van der Waals surface area (Å²) < 4.78 is 22.3. The van der Waals surface area contributed by atoms with Gasteiger partial charge in [-0.3, -0.25) is 0 Å². The molecule has 3 atom stereocenters. The molecule has 1 aliphatic rings. The first-order valence-electron chi connectivity index (χ1n) is 10.1. The summed E-state index contributed by atoms with van der Waals surface area (Å²) in [6.07, 6.45) is 4.13. The third kappa shape index (κ3) is 8.31. The molecule has 0 unspecified atom stereocenters. The zero-order valence-corrected chi connectivity index (χ0v) is 17.9. The number of methoxy groups -OCH3 is 1. The molecule has 1 aromatic carbocycles. The number of hydrogen-bond acceptors (Lipinski definition) is 5. The van der Waals surface area contributed by atoms with E-state index in [0.717, 1.165) is 24.2 Å². The molecular formula is C23H36O5. The highest BCUT2D eigenvalue weighted by Crippen LogP contribution is 2.25. The molecule has 1 fully saturated rings. The van der Waals surface area contributed by atoms with E-state index in [1.54, 1.807) is 7.11 Å². The molecule has 0 spiro atoms. The Kier molecular flexibility index (Phi) is 8.96. The van der Waals surface area contributed by atoms with Crippen molar-refractivity contribution in [3.05, 3.63) is 41.5 Å². The van der Waals surface area contributed by atoms with Gasteiger partial charge >= 0.3 is 0 Å². The van der Waals surface area contributed by atoms with Crippen molar-refractivity contribution in [3.8, 4) is 5.75 Å². The van der Waals surface area contributed by atoms with Crippen LogP contribution in [0.15, 0.2) is 35.9 Å². The van der Waals surface area contributed by atoms with Crippen molar-refractivity contribution in [1.82, 2.24) is 0 Å². The van der Waals surface area contributed by atoms with Gasteiger partial charge in [-0.05, 0) is 63.6 Å². The molecule has 0 aliphatic carbocycles. The van der Waals surface area contributed by atoms with E-state index in [-0.39, 0.29) is 12.2 Å². The molecule has 0 aromatic heterocycles. The predicted octanol–water partition coefficient (Wildman–Crippen LogP) is 4.48. The van der Waals surface area contributed by atoms with Crippen LogP contribution >= 0.6 is 0 Å². The van der Waals surface area contributed by atoms with Gasteiger partial charge in [-0.1, -0.05) is 30.7 Å². The summed E-state index contributed by atoms with van der Waals surface area (Å²) in [5.41, 5.74) is 2.31. The minimum absolute atomic E-state index is 0.104. The molecule has 1 aliphatic heterocycles. The molecule has 0 bridgehead atoms. The van der Waals surface area contributed by atoms with Gasteiger partial charge in [0, 0.05) is 6.61 Å². The Hall–Kier alpha value is -1.40. The molecule has 5 nitrogen and oxygen atoms in total. The molecule has 0 amide bonds. The highest BCUT2D eigenvalue weighted by molar-refractivity contribution is 5.26. The van der Waals surface area contributed by atoms with E-state index in [1.807, 2.05) is 38.1 Å².